The molecule has 2 aliphatic heterocycles. The van der Waals surface area contributed by atoms with Gasteiger partial charge >= 0.3 is 0 Å². The van der Waals surface area contributed by atoms with Crippen LogP contribution in [0.1, 0.15) is 35.6 Å². The number of piperidine rings is 1. The maximum Gasteiger partial charge on any atom is 0.123 e. The van der Waals surface area contributed by atoms with Crippen molar-refractivity contribution in [1.29, 1.82) is 0 Å². The van der Waals surface area contributed by atoms with Crippen molar-refractivity contribution in [3.8, 4) is 0 Å². The number of hydrogen-bond acceptors (Lipinski definition) is 2. The number of hydrogen-bond donors (Lipinski definition) is 1. The summed E-state index contributed by atoms with van der Waals surface area (Å²) in [6.07, 6.45) is 1.89. The van der Waals surface area contributed by atoms with Crippen LogP contribution >= 0.6 is 0 Å². The molecule has 1 spiro atoms. The van der Waals surface area contributed by atoms with Crippen LogP contribution < -0.4 is 5.32 Å². The van der Waals surface area contributed by atoms with E-state index in [1.807, 2.05) is 12.1 Å². The molecule has 1 unspecified atom stereocenters. The summed E-state index contributed by atoms with van der Waals surface area (Å²) in [5.74, 6) is -0.207. The molecular weight excluding hydrogens is 265 g/mol. The summed E-state index contributed by atoms with van der Waals surface area (Å²) >= 11 is 0. The molecule has 0 saturated carbocycles. The monoisotopic (exact) mass is 283 g/mol. The Morgan fingerprint density at radius 1 is 1.00 bits per heavy atom. The molecule has 0 aliphatic carbocycles. The first kappa shape index (κ1) is 13.0. The Morgan fingerprint density at radius 3 is 2.48 bits per heavy atom. The van der Waals surface area contributed by atoms with Gasteiger partial charge in [0.05, 0.1) is 5.60 Å². The topological polar surface area (TPSA) is 21.3 Å². The molecule has 108 valence electrons. The Labute approximate surface area is 123 Å². The summed E-state index contributed by atoms with van der Waals surface area (Å²) in [5.41, 5.74) is 3.38. The van der Waals surface area contributed by atoms with Crippen molar-refractivity contribution in [2.45, 2.75) is 24.5 Å². The van der Waals surface area contributed by atoms with E-state index in [0.717, 1.165) is 31.5 Å². The van der Waals surface area contributed by atoms with Gasteiger partial charge in [-0.1, -0.05) is 36.4 Å². The van der Waals surface area contributed by atoms with Crippen LogP contribution in [0.5, 0.6) is 0 Å². The first-order chi connectivity index (χ1) is 10.3. The lowest BCUT2D eigenvalue weighted by Crippen LogP contribution is -2.39. The molecule has 4 rings (SSSR count). The van der Waals surface area contributed by atoms with Gasteiger partial charge in [-0.3, -0.25) is 0 Å². The molecule has 0 radical (unpaired) electrons. The largest absolute Gasteiger partial charge is 0.358 e. The van der Waals surface area contributed by atoms with Crippen molar-refractivity contribution in [2.24, 2.45) is 0 Å². The predicted octanol–water partition coefficient (Wildman–Crippen LogP) is 3.52. The Kier molecular flexibility index (Phi) is 3.05. The van der Waals surface area contributed by atoms with Gasteiger partial charge in [0.25, 0.3) is 0 Å². The van der Waals surface area contributed by atoms with E-state index < -0.39 is 0 Å². The fraction of sp³-hybridized carbons (Fsp3) is 0.333. The Morgan fingerprint density at radius 2 is 1.71 bits per heavy atom. The van der Waals surface area contributed by atoms with Gasteiger partial charge in [-0.05, 0) is 54.8 Å². The van der Waals surface area contributed by atoms with Crippen molar-refractivity contribution >= 4 is 0 Å². The standard InChI is InChI=1S/C18H18FNO/c19-14-7-5-13(6-8-14)17-15-3-1-2-4-16(15)18(21-17)9-11-20-12-10-18/h1-8,17,20H,9-12H2. The number of rotatable bonds is 1. The van der Waals surface area contributed by atoms with Gasteiger partial charge in [-0.2, -0.15) is 0 Å². The number of benzene rings is 2. The minimum absolute atomic E-state index is 0.0834. The molecule has 0 amide bonds. The van der Waals surface area contributed by atoms with Crippen LogP contribution in [0, 0.1) is 5.82 Å². The van der Waals surface area contributed by atoms with Gasteiger partial charge in [0.2, 0.25) is 0 Å². The molecule has 2 heterocycles. The summed E-state index contributed by atoms with van der Waals surface area (Å²) < 4.78 is 19.7. The molecule has 2 aromatic carbocycles. The quantitative estimate of drug-likeness (QED) is 0.864. The van der Waals surface area contributed by atoms with Crippen LogP contribution in [0.15, 0.2) is 48.5 Å². The fourth-order valence-corrected chi connectivity index (χ4v) is 3.60. The third-order valence-corrected chi connectivity index (χ3v) is 4.66. The van der Waals surface area contributed by atoms with E-state index in [9.17, 15) is 4.39 Å². The van der Waals surface area contributed by atoms with Gasteiger partial charge in [0.1, 0.15) is 11.9 Å². The average molecular weight is 283 g/mol. The van der Waals surface area contributed by atoms with Crippen LogP contribution in [0.2, 0.25) is 0 Å². The molecular formula is C18H18FNO. The van der Waals surface area contributed by atoms with Crippen molar-refractivity contribution in [1.82, 2.24) is 5.32 Å². The fourth-order valence-electron chi connectivity index (χ4n) is 3.60. The van der Waals surface area contributed by atoms with E-state index >= 15 is 0 Å². The zero-order chi connectivity index (χ0) is 14.3. The van der Waals surface area contributed by atoms with Gasteiger partial charge in [-0.15, -0.1) is 0 Å². The van der Waals surface area contributed by atoms with E-state index in [0.29, 0.717) is 0 Å². The Balaban J connectivity index is 1.79. The summed E-state index contributed by atoms with van der Waals surface area (Å²) in [7, 11) is 0. The van der Waals surface area contributed by atoms with Gasteiger partial charge in [0, 0.05) is 0 Å². The maximum atomic E-state index is 13.2. The van der Waals surface area contributed by atoms with Gasteiger partial charge in [0.15, 0.2) is 0 Å². The molecule has 3 heteroatoms. The molecule has 0 aromatic heterocycles. The lowest BCUT2D eigenvalue weighted by molar-refractivity contribution is -0.0798. The van der Waals surface area contributed by atoms with Crippen molar-refractivity contribution in [2.75, 3.05) is 13.1 Å². The van der Waals surface area contributed by atoms with Crippen LogP contribution in [0.3, 0.4) is 0 Å². The smallest absolute Gasteiger partial charge is 0.123 e. The van der Waals surface area contributed by atoms with E-state index in [1.54, 1.807) is 0 Å². The van der Waals surface area contributed by atoms with E-state index in [-0.39, 0.29) is 17.5 Å². The maximum absolute atomic E-state index is 13.2. The Bertz CT molecular complexity index is 647. The zero-order valence-electron chi connectivity index (χ0n) is 11.8. The average Bonchev–Trinajstić information content (AvgIpc) is 2.84. The Hall–Kier alpha value is -1.71. The molecule has 2 aliphatic rings. The molecule has 2 aromatic rings. The number of ether oxygens (including phenoxy) is 1. The molecule has 1 N–H and O–H groups in total. The van der Waals surface area contributed by atoms with E-state index in [4.69, 9.17) is 4.74 Å². The first-order valence-corrected chi connectivity index (χ1v) is 7.52. The lowest BCUT2D eigenvalue weighted by atomic mass is 9.84. The molecule has 1 atom stereocenters. The minimum Gasteiger partial charge on any atom is -0.358 e. The highest BCUT2D eigenvalue weighted by atomic mass is 19.1. The van der Waals surface area contributed by atoms with Crippen molar-refractivity contribution < 1.29 is 9.13 Å². The van der Waals surface area contributed by atoms with E-state index in [2.05, 4.69) is 29.6 Å². The number of halogens is 1. The normalized spacial score (nSPS) is 23.2. The lowest BCUT2D eigenvalue weighted by Gasteiger charge is -2.34. The third-order valence-electron chi connectivity index (χ3n) is 4.66. The summed E-state index contributed by atoms with van der Waals surface area (Å²) in [6.45, 7) is 1.95. The summed E-state index contributed by atoms with van der Waals surface area (Å²) in [4.78, 5) is 0. The van der Waals surface area contributed by atoms with E-state index in [1.165, 1.54) is 23.3 Å². The minimum atomic E-state index is -0.207. The summed E-state index contributed by atoms with van der Waals surface area (Å²) in [5, 5.41) is 3.40. The van der Waals surface area contributed by atoms with Gasteiger partial charge < -0.3 is 10.1 Å². The molecule has 2 nitrogen and oxygen atoms in total. The molecule has 21 heavy (non-hydrogen) atoms. The molecule has 1 saturated heterocycles. The first-order valence-electron chi connectivity index (χ1n) is 7.52. The highest BCUT2D eigenvalue weighted by molar-refractivity contribution is 5.43. The number of nitrogens with one attached hydrogen (secondary N) is 1. The highest BCUT2D eigenvalue weighted by Gasteiger charge is 2.45. The zero-order valence-corrected chi connectivity index (χ0v) is 11.8. The molecule has 1 fully saturated rings. The second-order valence-corrected chi connectivity index (χ2v) is 5.88. The third kappa shape index (κ3) is 2.08. The SMILES string of the molecule is Fc1ccc(C2OC3(CCNCC3)c3ccccc32)cc1. The van der Waals surface area contributed by atoms with Gasteiger partial charge in [-0.25, -0.2) is 4.39 Å². The predicted molar refractivity (Wildman–Crippen MR) is 79.6 cm³/mol. The van der Waals surface area contributed by atoms with Crippen LogP contribution in [-0.4, -0.2) is 13.1 Å². The van der Waals surface area contributed by atoms with Crippen molar-refractivity contribution in [3.05, 3.63) is 71.0 Å². The second kappa shape index (κ2) is 4.93. The highest BCUT2D eigenvalue weighted by Crippen LogP contribution is 2.50. The summed E-state index contributed by atoms with van der Waals surface area (Å²) in [6, 6.07) is 15.1. The van der Waals surface area contributed by atoms with Crippen molar-refractivity contribution in [3.63, 3.8) is 0 Å². The number of fused-ring (bicyclic) bond motifs is 2. The van der Waals surface area contributed by atoms with Crippen LogP contribution in [0.25, 0.3) is 0 Å². The molecule has 0 bridgehead atoms. The van der Waals surface area contributed by atoms with Crippen LogP contribution in [-0.2, 0) is 10.3 Å². The van der Waals surface area contributed by atoms with Crippen LogP contribution in [0.4, 0.5) is 4.39 Å². The second-order valence-electron chi connectivity index (χ2n) is 5.88.